The van der Waals surface area contributed by atoms with Gasteiger partial charge in [0, 0.05) is 39.1 Å². The van der Waals surface area contributed by atoms with Crippen LogP contribution < -0.4 is 5.73 Å². The summed E-state index contributed by atoms with van der Waals surface area (Å²) in [7, 11) is -1.49. The van der Waals surface area contributed by atoms with Crippen LogP contribution in [0.3, 0.4) is 0 Å². The Bertz CT molecular complexity index is 1170. The van der Waals surface area contributed by atoms with Gasteiger partial charge in [-0.3, -0.25) is 9.69 Å². The van der Waals surface area contributed by atoms with Gasteiger partial charge in [0.25, 0.3) is 0 Å². The number of hydrogen-bond donors (Lipinski definition) is 1. The highest BCUT2D eigenvalue weighted by Gasteiger charge is 2.32. The standard InChI is InChI=1S/C26H33N5O3S/c1-29-14-16-30(17-15-29)35(33,34)24-11-9-22(10-12-24)21-7-5-20(6-8-21)18-23(19-27)31-13-3-2-4-25(31)26(28)32/h5-12,23,25H,2-4,13-18H2,1H3,(H2,28,32)/t23-,25?/m0/s1. The van der Waals surface area contributed by atoms with Crippen LogP contribution in [0.15, 0.2) is 53.4 Å². The number of rotatable bonds is 7. The third kappa shape index (κ3) is 5.73. The Balaban J connectivity index is 1.44. The first-order valence-corrected chi connectivity index (χ1v) is 13.6. The van der Waals surface area contributed by atoms with E-state index in [0.717, 1.165) is 42.6 Å². The molecule has 2 saturated heterocycles. The topological polar surface area (TPSA) is 111 Å². The van der Waals surface area contributed by atoms with Crippen LogP contribution in [0, 0.1) is 11.3 Å². The fourth-order valence-corrected chi connectivity index (χ4v) is 6.35. The van der Waals surface area contributed by atoms with Crippen molar-refractivity contribution in [3.63, 3.8) is 0 Å². The normalized spacial score (nSPS) is 21.3. The van der Waals surface area contributed by atoms with E-state index in [4.69, 9.17) is 5.73 Å². The molecule has 186 valence electrons. The van der Waals surface area contributed by atoms with E-state index in [0.29, 0.717) is 37.4 Å². The molecule has 0 bridgehead atoms. The van der Waals surface area contributed by atoms with Crippen molar-refractivity contribution in [1.82, 2.24) is 14.1 Å². The number of carbonyl (C=O) groups excluding carboxylic acids is 1. The summed E-state index contributed by atoms with van der Waals surface area (Å²) < 4.78 is 27.5. The Morgan fingerprint density at radius 2 is 1.60 bits per heavy atom. The van der Waals surface area contributed by atoms with Crippen LogP contribution in [0.4, 0.5) is 0 Å². The molecule has 8 nitrogen and oxygen atoms in total. The number of nitriles is 1. The van der Waals surface area contributed by atoms with Crippen LogP contribution in [0.1, 0.15) is 24.8 Å². The maximum atomic E-state index is 13.0. The molecule has 2 aliphatic rings. The minimum atomic E-state index is -3.49. The largest absolute Gasteiger partial charge is 0.368 e. The van der Waals surface area contributed by atoms with Crippen molar-refractivity contribution in [1.29, 1.82) is 5.26 Å². The van der Waals surface area contributed by atoms with Crippen molar-refractivity contribution in [3.8, 4) is 17.2 Å². The molecule has 1 unspecified atom stereocenters. The van der Waals surface area contributed by atoms with Crippen LogP contribution >= 0.6 is 0 Å². The van der Waals surface area contributed by atoms with E-state index in [1.807, 2.05) is 48.3 Å². The molecule has 0 spiro atoms. The third-order valence-electron chi connectivity index (χ3n) is 7.09. The lowest BCUT2D eigenvalue weighted by Gasteiger charge is -2.36. The monoisotopic (exact) mass is 495 g/mol. The van der Waals surface area contributed by atoms with Crippen molar-refractivity contribution >= 4 is 15.9 Å². The number of likely N-dealkylation sites (tertiary alicyclic amines) is 1. The SMILES string of the molecule is CN1CCN(S(=O)(=O)c2ccc(-c3ccc(C[C@@H](C#N)N4CCCCC4C(N)=O)cc3)cc2)CC1. The highest BCUT2D eigenvalue weighted by Crippen LogP contribution is 2.26. The first-order valence-electron chi connectivity index (χ1n) is 12.1. The van der Waals surface area contributed by atoms with E-state index >= 15 is 0 Å². The van der Waals surface area contributed by atoms with Gasteiger partial charge in [-0.1, -0.05) is 42.8 Å². The van der Waals surface area contributed by atoms with Crippen molar-refractivity contribution in [2.45, 2.75) is 42.7 Å². The summed E-state index contributed by atoms with van der Waals surface area (Å²) in [5.41, 5.74) is 8.48. The average molecular weight is 496 g/mol. The lowest BCUT2D eigenvalue weighted by atomic mass is 9.96. The predicted molar refractivity (Wildman–Crippen MR) is 135 cm³/mol. The number of benzene rings is 2. The number of sulfonamides is 1. The minimum absolute atomic E-state index is 0.310. The molecule has 2 aromatic rings. The summed E-state index contributed by atoms with van der Waals surface area (Å²) in [5.74, 6) is -0.363. The van der Waals surface area contributed by atoms with Gasteiger partial charge in [0.1, 0.15) is 6.04 Å². The molecular formula is C26H33N5O3S. The number of carbonyl (C=O) groups is 1. The highest BCUT2D eigenvalue weighted by atomic mass is 32.2. The van der Waals surface area contributed by atoms with E-state index < -0.39 is 16.1 Å². The second kappa shape index (κ2) is 10.9. The van der Waals surface area contributed by atoms with E-state index in [2.05, 4.69) is 11.0 Å². The molecule has 1 amide bonds. The lowest BCUT2D eigenvalue weighted by Crippen LogP contribution is -2.52. The van der Waals surface area contributed by atoms with Gasteiger partial charge in [0.05, 0.1) is 17.0 Å². The second-order valence-corrected chi connectivity index (χ2v) is 11.4. The Labute approximate surface area is 208 Å². The lowest BCUT2D eigenvalue weighted by molar-refractivity contribution is -0.125. The molecule has 0 aromatic heterocycles. The molecule has 2 atom stereocenters. The highest BCUT2D eigenvalue weighted by molar-refractivity contribution is 7.89. The Kier molecular flexibility index (Phi) is 7.87. The van der Waals surface area contributed by atoms with Crippen LogP contribution in [0.25, 0.3) is 11.1 Å². The van der Waals surface area contributed by atoms with Crippen LogP contribution in [0.2, 0.25) is 0 Å². The zero-order valence-corrected chi connectivity index (χ0v) is 21.0. The molecule has 0 saturated carbocycles. The predicted octanol–water partition coefficient (Wildman–Crippen LogP) is 2.06. The van der Waals surface area contributed by atoms with Gasteiger partial charge in [-0.15, -0.1) is 0 Å². The van der Waals surface area contributed by atoms with Crippen molar-refractivity contribution < 1.29 is 13.2 Å². The quantitative estimate of drug-likeness (QED) is 0.630. The van der Waals surface area contributed by atoms with Gasteiger partial charge in [-0.25, -0.2) is 8.42 Å². The molecule has 9 heteroatoms. The van der Waals surface area contributed by atoms with E-state index in [-0.39, 0.29) is 11.9 Å². The third-order valence-corrected chi connectivity index (χ3v) is 9.01. The fraction of sp³-hybridized carbons (Fsp3) is 0.462. The van der Waals surface area contributed by atoms with Gasteiger partial charge in [-0.05, 0) is 48.7 Å². The molecule has 0 radical (unpaired) electrons. The minimum Gasteiger partial charge on any atom is -0.368 e. The molecule has 4 rings (SSSR count). The zero-order chi connectivity index (χ0) is 25.0. The number of piperazine rings is 1. The molecule has 2 aliphatic heterocycles. The smallest absolute Gasteiger partial charge is 0.243 e. The summed E-state index contributed by atoms with van der Waals surface area (Å²) in [6.45, 7) is 3.18. The molecule has 2 aromatic carbocycles. The summed E-state index contributed by atoms with van der Waals surface area (Å²) in [6, 6.07) is 16.5. The van der Waals surface area contributed by atoms with Crippen molar-refractivity contribution in [2.75, 3.05) is 39.8 Å². The first kappa shape index (κ1) is 25.3. The summed E-state index contributed by atoms with van der Waals surface area (Å²) in [6.07, 6.45) is 3.13. The fourth-order valence-electron chi connectivity index (χ4n) is 4.92. The van der Waals surface area contributed by atoms with E-state index in [1.54, 1.807) is 16.4 Å². The van der Waals surface area contributed by atoms with Gasteiger partial charge < -0.3 is 10.6 Å². The number of nitrogens with two attached hydrogens (primary N) is 1. The second-order valence-electron chi connectivity index (χ2n) is 9.43. The first-order chi connectivity index (χ1) is 16.8. The Morgan fingerprint density at radius 3 is 2.17 bits per heavy atom. The van der Waals surface area contributed by atoms with Crippen molar-refractivity contribution in [3.05, 3.63) is 54.1 Å². The van der Waals surface area contributed by atoms with Crippen LogP contribution in [0.5, 0.6) is 0 Å². The van der Waals surface area contributed by atoms with Crippen LogP contribution in [-0.2, 0) is 21.2 Å². The maximum Gasteiger partial charge on any atom is 0.243 e. The summed E-state index contributed by atoms with van der Waals surface area (Å²) in [4.78, 5) is 16.2. The van der Waals surface area contributed by atoms with Gasteiger partial charge >= 0.3 is 0 Å². The molecule has 2 fully saturated rings. The van der Waals surface area contributed by atoms with E-state index in [1.165, 1.54) is 0 Å². The summed E-state index contributed by atoms with van der Waals surface area (Å²) >= 11 is 0. The van der Waals surface area contributed by atoms with Gasteiger partial charge in [-0.2, -0.15) is 9.57 Å². The molecule has 0 aliphatic carbocycles. The Hall–Kier alpha value is -2.77. The number of primary amides is 1. The summed E-state index contributed by atoms with van der Waals surface area (Å²) in [5, 5.41) is 9.77. The molecule has 2 heterocycles. The number of likely N-dealkylation sites (N-methyl/N-ethyl adjacent to an activating group) is 1. The van der Waals surface area contributed by atoms with Crippen LogP contribution in [-0.4, -0.2) is 80.3 Å². The van der Waals surface area contributed by atoms with Gasteiger partial charge in [0.2, 0.25) is 15.9 Å². The number of nitrogens with zero attached hydrogens (tertiary/aromatic N) is 4. The number of amides is 1. The zero-order valence-electron chi connectivity index (χ0n) is 20.1. The number of hydrogen-bond acceptors (Lipinski definition) is 6. The van der Waals surface area contributed by atoms with Gasteiger partial charge in [0.15, 0.2) is 0 Å². The molecule has 2 N–H and O–H groups in total. The maximum absolute atomic E-state index is 13.0. The van der Waals surface area contributed by atoms with Crippen molar-refractivity contribution in [2.24, 2.45) is 5.73 Å². The molecule has 35 heavy (non-hydrogen) atoms. The number of piperidine rings is 1. The van der Waals surface area contributed by atoms with E-state index in [9.17, 15) is 18.5 Å². The molecular weight excluding hydrogens is 462 g/mol. The average Bonchev–Trinajstić information content (AvgIpc) is 2.88. The Morgan fingerprint density at radius 1 is 1.00 bits per heavy atom.